The van der Waals surface area contributed by atoms with E-state index in [0.29, 0.717) is 13.1 Å². The molecule has 0 bridgehead atoms. The number of hydrogen-bond donors (Lipinski definition) is 1. The Morgan fingerprint density at radius 2 is 2.29 bits per heavy atom. The number of benzene rings is 1. The van der Waals surface area contributed by atoms with Crippen LogP contribution in [0.2, 0.25) is 0 Å². The quantitative estimate of drug-likeness (QED) is 0.709. The maximum absolute atomic E-state index is 11.5. The normalized spacial score (nSPS) is 14.6. The van der Waals surface area contributed by atoms with Crippen molar-refractivity contribution in [3.05, 3.63) is 42.5 Å². The Balaban J connectivity index is 2.26. The molecule has 3 heteroatoms. The average Bonchev–Trinajstić information content (AvgIpc) is 2.19. The highest BCUT2D eigenvalue weighted by molar-refractivity contribution is 5.92. The topological polar surface area (TPSA) is 32.3 Å². The van der Waals surface area contributed by atoms with Gasteiger partial charge in [0.25, 0.3) is 0 Å². The number of hydrogen-bond acceptors (Lipinski definition) is 1. The van der Waals surface area contributed by atoms with E-state index in [0.717, 1.165) is 11.3 Å². The molecular weight excluding hydrogens is 176 g/mol. The molecule has 14 heavy (non-hydrogen) atoms. The number of rotatable bonds is 2. The lowest BCUT2D eigenvalue weighted by Crippen LogP contribution is -2.38. The molecule has 0 unspecified atom stereocenters. The van der Waals surface area contributed by atoms with Crippen molar-refractivity contribution in [2.45, 2.75) is 6.54 Å². The number of para-hydroxylation sites is 1. The van der Waals surface area contributed by atoms with E-state index in [2.05, 4.69) is 11.9 Å². The summed E-state index contributed by atoms with van der Waals surface area (Å²) < 4.78 is 0. The van der Waals surface area contributed by atoms with Gasteiger partial charge in [0.1, 0.15) is 0 Å². The van der Waals surface area contributed by atoms with Gasteiger partial charge < -0.3 is 10.2 Å². The van der Waals surface area contributed by atoms with Crippen molar-refractivity contribution in [3.8, 4) is 0 Å². The van der Waals surface area contributed by atoms with Gasteiger partial charge in [-0.1, -0.05) is 24.3 Å². The van der Waals surface area contributed by atoms with Gasteiger partial charge in [-0.2, -0.15) is 0 Å². The van der Waals surface area contributed by atoms with Crippen molar-refractivity contribution < 1.29 is 4.79 Å². The molecule has 0 fully saturated rings. The van der Waals surface area contributed by atoms with E-state index in [1.54, 1.807) is 11.0 Å². The summed E-state index contributed by atoms with van der Waals surface area (Å²) in [5, 5.41) is 2.83. The Morgan fingerprint density at radius 1 is 1.50 bits per heavy atom. The van der Waals surface area contributed by atoms with Crippen LogP contribution >= 0.6 is 0 Å². The zero-order valence-corrected chi connectivity index (χ0v) is 7.86. The highest BCUT2D eigenvalue weighted by Gasteiger charge is 2.20. The van der Waals surface area contributed by atoms with Crippen LogP contribution in [0.25, 0.3) is 0 Å². The molecule has 1 aromatic carbocycles. The third kappa shape index (κ3) is 1.48. The second-order valence-corrected chi connectivity index (χ2v) is 3.26. The van der Waals surface area contributed by atoms with Gasteiger partial charge in [-0.3, -0.25) is 0 Å². The molecule has 1 aromatic rings. The first-order valence-electron chi connectivity index (χ1n) is 4.56. The summed E-state index contributed by atoms with van der Waals surface area (Å²) in [6.07, 6.45) is 1.73. The Kier molecular flexibility index (Phi) is 2.23. The van der Waals surface area contributed by atoms with E-state index < -0.39 is 0 Å². The molecule has 1 N–H and O–H groups in total. The number of anilines is 1. The van der Waals surface area contributed by atoms with Gasteiger partial charge in [0.2, 0.25) is 0 Å². The van der Waals surface area contributed by atoms with Crippen LogP contribution in [0.3, 0.4) is 0 Å². The lowest BCUT2D eigenvalue weighted by Gasteiger charge is -2.28. The second-order valence-electron chi connectivity index (χ2n) is 3.26. The van der Waals surface area contributed by atoms with E-state index in [9.17, 15) is 4.79 Å². The summed E-state index contributed by atoms with van der Waals surface area (Å²) in [6, 6.07) is 7.78. The first-order chi connectivity index (χ1) is 6.81. The number of carbonyl (C=O) groups is 1. The summed E-state index contributed by atoms with van der Waals surface area (Å²) in [5.74, 6) is 0. The molecule has 1 aliphatic heterocycles. The SMILES string of the molecule is C=CCN1Cc2ccccc2NC1=O. The smallest absolute Gasteiger partial charge is 0.316 e. The highest BCUT2D eigenvalue weighted by Crippen LogP contribution is 2.22. The Bertz CT molecular complexity index is 373. The van der Waals surface area contributed by atoms with Crippen molar-refractivity contribution in [1.29, 1.82) is 0 Å². The second kappa shape index (κ2) is 3.54. The zero-order chi connectivity index (χ0) is 9.97. The van der Waals surface area contributed by atoms with Gasteiger partial charge in [-0.15, -0.1) is 6.58 Å². The molecule has 2 amide bonds. The van der Waals surface area contributed by atoms with Crippen molar-refractivity contribution >= 4 is 11.7 Å². The van der Waals surface area contributed by atoms with Crippen molar-refractivity contribution in [2.24, 2.45) is 0 Å². The average molecular weight is 188 g/mol. The van der Waals surface area contributed by atoms with Gasteiger partial charge in [0.15, 0.2) is 0 Å². The molecule has 0 aromatic heterocycles. The molecule has 0 radical (unpaired) electrons. The van der Waals surface area contributed by atoms with Crippen LogP contribution < -0.4 is 5.32 Å². The molecule has 2 rings (SSSR count). The molecule has 1 aliphatic rings. The molecule has 0 saturated heterocycles. The fraction of sp³-hybridized carbons (Fsp3) is 0.182. The first-order valence-corrected chi connectivity index (χ1v) is 4.56. The van der Waals surface area contributed by atoms with Gasteiger partial charge in [-0.05, 0) is 11.6 Å². The predicted octanol–water partition coefficient (Wildman–Crippen LogP) is 2.22. The summed E-state index contributed by atoms with van der Waals surface area (Å²) in [7, 11) is 0. The van der Waals surface area contributed by atoms with E-state index >= 15 is 0 Å². The number of amides is 2. The lowest BCUT2D eigenvalue weighted by molar-refractivity contribution is 0.212. The van der Waals surface area contributed by atoms with Crippen molar-refractivity contribution in [3.63, 3.8) is 0 Å². The monoisotopic (exact) mass is 188 g/mol. The number of carbonyl (C=O) groups excluding carboxylic acids is 1. The molecule has 0 aliphatic carbocycles. The fourth-order valence-electron chi connectivity index (χ4n) is 1.56. The largest absolute Gasteiger partial charge is 0.322 e. The molecular formula is C11H12N2O. The Labute approximate surface area is 83.0 Å². The number of fused-ring (bicyclic) bond motifs is 1. The minimum Gasteiger partial charge on any atom is -0.316 e. The van der Waals surface area contributed by atoms with E-state index in [1.165, 1.54) is 0 Å². The van der Waals surface area contributed by atoms with Crippen LogP contribution in [0.15, 0.2) is 36.9 Å². The van der Waals surface area contributed by atoms with Crippen molar-refractivity contribution in [1.82, 2.24) is 4.90 Å². The van der Waals surface area contributed by atoms with Gasteiger partial charge in [0, 0.05) is 18.8 Å². The maximum Gasteiger partial charge on any atom is 0.322 e. The van der Waals surface area contributed by atoms with E-state index in [1.807, 2.05) is 24.3 Å². The summed E-state index contributed by atoms with van der Waals surface area (Å²) in [6.45, 7) is 4.87. The standard InChI is InChI=1S/C11H12N2O/c1-2-7-13-8-9-5-3-4-6-10(9)12-11(13)14/h2-6H,1,7-8H2,(H,12,14). The lowest BCUT2D eigenvalue weighted by atomic mass is 10.1. The van der Waals surface area contributed by atoms with Crippen molar-refractivity contribution in [2.75, 3.05) is 11.9 Å². The number of urea groups is 1. The minimum absolute atomic E-state index is 0.0522. The van der Waals surface area contributed by atoms with E-state index in [4.69, 9.17) is 0 Å². The number of nitrogens with one attached hydrogen (secondary N) is 1. The van der Waals surface area contributed by atoms with Crippen LogP contribution in [0.1, 0.15) is 5.56 Å². The third-order valence-corrected chi connectivity index (χ3v) is 2.26. The van der Waals surface area contributed by atoms with Gasteiger partial charge in [0.05, 0.1) is 0 Å². The summed E-state index contributed by atoms with van der Waals surface area (Å²) in [5.41, 5.74) is 2.06. The molecule has 0 saturated carbocycles. The summed E-state index contributed by atoms with van der Waals surface area (Å²) in [4.78, 5) is 13.2. The fourth-order valence-corrected chi connectivity index (χ4v) is 1.56. The Hall–Kier alpha value is -1.77. The van der Waals surface area contributed by atoms with Gasteiger partial charge in [-0.25, -0.2) is 4.79 Å². The number of nitrogens with zero attached hydrogens (tertiary/aromatic N) is 1. The van der Waals surface area contributed by atoms with Crippen LogP contribution in [-0.4, -0.2) is 17.5 Å². The molecule has 1 heterocycles. The Morgan fingerprint density at radius 3 is 3.07 bits per heavy atom. The van der Waals surface area contributed by atoms with Crippen LogP contribution in [0, 0.1) is 0 Å². The zero-order valence-electron chi connectivity index (χ0n) is 7.86. The maximum atomic E-state index is 11.5. The predicted molar refractivity (Wildman–Crippen MR) is 56.1 cm³/mol. The van der Waals surface area contributed by atoms with Crippen LogP contribution in [-0.2, 0) is 6.54 Å². The molecule has 0 spiro atoms. The minimum atomic E-state index is -0.0522. The highest BCUT2D eigenvalue weighted by atomic mass is 16.2. The van der Waals surface area contributed by atoms with Crippen LogP contribution in [0.4, 0.5) is 10.5 Å². The van der Waals surface area contributed by atoms with Crippen LogP contribution in [0.5, 0.6) is 0 Å². The third-order valence-electron chi connectivity index (χ3n) is 2.26. The first kappa shape index (κ1) is 8.81. The molecule has 3 nitrogen and oxygen atoms in total. The molecule has 72 valence electrons. The van der Waals surface area contributed by atoms with E-state index in [-0.39, 0.29) is 6.03 Å². The summed E-state index contributed by atoms with van der Waals surface area (Å²) >= 11 is 0. The molecule has 0 atom stereocenters. The van der Waals surface area contributed by atoms with Gasteiger partial charge >= 0.3 is 6.03 Å².